The highest BCUT2D eigenvalue weighted by molar-refractivity contribution is 6.32. The number of anilines is 2. The van der Waals surface area contributed by atoms with Crippen molar-refractivity contribution in [2.45, 2.75) is 0 Å². The van der Waals surface area contributed by atoms with E-state index in [0.717, 1.165) is 31.7 Å². The third-order valence-corrected chi connectivity index (χ3v) is 5.30. The number of rotatable bonds is 5. The average molecular weight is 438 g/mol. The lowest BCUT2D eigenvalue weighted by molar-refractivity contribution is 0.102. The SMILES string of the molecule is [B]c1ccc(NC(=O)c2ccccc2NC(=O)c2ccc(C(=N)N3CCNCC3)cc2)nc1. The molecule has 9 heteroatoms. The van der Waals surface area contributed by atoms with Crippen molar-refractivity contribution >= 4 is 42.5 Å². The molecule has 33 heavy (non-hydrogen) atoms. The summed E-state index contributed by atoms with van der Waals surface area (Å²) in [5.41, 5.74) is 2.37. The van der Waals surface area contributed by atoms with Gasteiger partial charge in [0, 0.05) is 43.5 Å². The molecule has 0 atom stereocenters. The first-order valence-corrected chi connectivity index (χ1v) is 10.6. The second-order valence-corrected chi connectivity index (χ2v) is 7.59. The summed E-state index contributed by atoms with van der Waals surface area (Å²) in [4.78, 5) is 31.6. The molecule has 4 N–H and O–H groups in total. The molecular weight excluding hydrogens is 415 g/mol. The van der Waals surface area contributed by atoms with Gasteiger partial charge in [0.1, 0.15) is 19.5 Å². The molecule has 2 radical (unpaired) electrons. The summed E-state index contributed by atoms with van der Waals surface area (Å²) in [6.07, 6.45) is 1.45. The number of piperazine rings is 1. The van der Waals surface area contributed by atoms with E-state index in [1.54, 1.807) is 60.7 Å². The van der Waals surface area contributed by atoms with Gasteiger partial charge in [-0.05, 0) is 30.3 Å². The lowest BCUT2D eigenvalue weighted by atomic mass is 9.99. The molecule has 2 amide bonds. The van der Waals surface area contributed by atoms with Crippen LogP contribution in [0.3, 0.4) is 0 Å². The molecule has 0 spiro atoms. The zero-order valence-corrected chi connectivity index (χ0v) is 18.0. The number of carbonyl (C=O) groups excluding carboxylic acids is 2. The number of nitrogens with one attached hydrogen (secondary N) is 4. The first-order chi connectivity index (χ1) is 16.0. The lowest BCUT2D eigenvalue weighted by Gasteiger charge is -2.29. The van der Waals surface area contributed by atoms with Gasteiger partial charge in [0.2, 0.25) is 0 Å². The van der Waals surface area contributed by atoms with E-state index >= 15 is 0 Å². The van der Waals surface area contributed by atoms with Gasteiger partial charge in [-0.15, -0.1) is 0 Å². The van der Waals surface area contributed by atoms with E-state index in [2.05, 4.69) is 20.9 Å². The number of nitrogens with zero attached hydrogens (tertiary/aromatic N) is 2. The van der Waals surface area contributed by atoms with E-state index in [-0.39, 0.29) is 5.91 Å². The van der Waals surface area contributed by atoms with E-state index < -0.39 is 5.91 Å². The Hall–Kier alpha value is -3.98. The van der Waals surface area contributed by atoms with Gasteiger partial charge in [0.15, 0.2) is 0 Å². The molecule has 1 aliphatic heterocycles. The molecule has 164 valence electrons. The van der Waals surface area contributed by atoms with E-state index in [1.165, 1.54) is 6.20 Å². The number of amides is 2. The molecule has 1 fully saturated rings. The minimum absolute atomic E-state index is 0.307. The Morgan fingerprint density at radius 2 is 1.61 bits per heavy atom. The Morgan fingerprint density at radius 1 is 0.909 bits per heavy atom. The average Bonchev–Trinajstić information content (AvgIpc) is 2.86. The minimum Gasteiger partial charge on any atom is -0.354 e. The zero-order valence-electron chi connectivity index (χ0n) is 18.0. The number of hydrogen-bond acceptors (Lipinski definition) is 5. The normalized spacial score (nSPS) is 13.3. The molecule has 0 aliphatic carbocycles. The molecule has 8 nitrogen and oxygen atoms in total. The van der Waals surface area contributed by atoms with Gasteiger partial charge >= 0.3 is 0 Å². The summed E-state index contributed by atoms with van der Waals surface area (Å²) in [5.74, 6) is 0.0590. The van der Waals surface area contributed by atoms with Crippen LogP contribution in [0.5, 0.6) is 0 Å². The summed E-state index contributed by atoms with van der Waals surface area (Å²) in [6, 6.07) is 16.9. The second kappa shape index (κ2) is 10.1. The summed E-state index contributed by atoms with van der Waals surface area (Å²) in [7, 11) is 5.63. The minimum atomic E-state index is -0.400. The third kappa shape index (κ3) is 5.45. The van der Waals surface area contributed by atoms with Crippen molar-refractivity contribution in [3.05, 3.63) is 83.6 Å². The molecule has 0 bridgehead atoms. The van der Waals surface area contributed by atoms with Crippen molar-refractivity contribution < 1.29 is 9.59 Å². The van der Waals surface area contributed by atoms with Crippen molar-refractivity contribution in [3.8, 4) is 0 Å². The Bertz CT molecular complexity index is 1160. The Kier molecular flexibility index (Phi) is 6.80. The third-order valence-electron chi connectivity index (χ3n) is 5.30. The summed E-state index contributed by atoms with van der Waals surface area (Å²) in [5, 5.41) is 17.2. The highest BCUT2D eigenvalue weighted by Crippen LogP contribution is 2.18. The van der Waals surface area contributed by atoms with Crippen LogP contribution >= 0.6 is 0 Å². The number of pyridine rings is 1. The standard InChI is InChI=1S/C24H23BN6O2/c25-18-9-10-21(28-15-18)30-24(33)19-3-1-2-4-20(19)29-23(32)17-7-5-16(6-8-17)22(26)31-13-11-27-12-14-31/h1-10,15,26-27H,11-14H2,(H,29,32)(H,28,30,33). The molecular formula is C24H23BN6O2. The quantitative estimate of drug-likeness (QED) is 0.275. The zero-order chi connectivity index (χ0) is 23.2. The predicted octanol–water partition coefficient (Wildman–Crippen LogP) is 1.61. The van der Waals surface area contributed by atoms with Gasteiger partial charge in [0.05, 0.1) is 11.3 Å². The van der Waals surface area contributed by atoms with Crippen LogP contribution in [0.25, 0.3) is 0 Å². The lowest BCUT2D eigenvalue weighted by Crippen LogP contribution is -2.46. The van der Waals surface area contributed by atoms with Crippen molar-refractivity contribution in [1.29, 1.82) is 5.41 Å². The number of hydrogen-bond donors (Lipinski definition) is 4. The van der Waals surface area contributed by atoms with E-state index in [1.807, 2.05) is 4.90 Å². The molecule has 2 heterocycles. The Labute approximate surface area is 193 Å². The van der Waals surface area contributed by atoms with E-state index in [4.69, 9.17) is 13.3 Å². The van der Waals surface area contributed by atoms with Crippen LogP contribution in [0, 0.1) is 5.41 Å². The Morgan fingerprint density at radius 3 is 2.30 bits per heavy atom. The van der Waals surface area contributed by atoms with E-state index in [0.29, 0.717) is 33.9 Å². The monoisotopic (exact) mass is 438 g/mol. The maximum absolute atomic E-state index is 12.8. The fraction of sp³-hybridized carbons (Fsp3) is 0.167. The van der Waals surface area contributed by atoms with Crippen LogP contribution in [-0.2, 0) is 0 Å². The maximum Gasteiger partial charge on any atom is 0.258 e. The van der Waals surface area contributed by atoms with Gasteiger partial charge in [-0.25, -0.2) is 4.98 Å². The highest BCUT2D eigenvalue weighted by atomic mass is 16.2. The molecule has 4 rings (SSSR count). The molecule has 1 aliphatic rings. The van der Waals surface area contributed by atoms with Crippen molar-refractivity contribution in [2.75, 3.05) is 36.8 Å². The number of para-hydroxylation sites is 1. The summed E-state index contributed by atoms with van der Waals surface area (Å²) >= 11 is 0. The fourth-order valence-electron chi connectivity index (χ4n) is 3.50. The summed E-state index contributed by atoms with van der Waals surface area (Å²) < 4.78 is 0. The predicted molar refractivity (Wildman–Crippen MR) is 130 cm³/mol. The highest BCUT2D eigenvalue weighted by Gasteiger charge is 2.17. The Balaban J connectivity index is 1.44. The van der Waals surface area contributed by atoms with Crippen molar-refractivity contribution in [3.63, 3.8) is 0 Å². The van der Waals surface area contributed by atoms with Crippen LogP contribution in [-0.4, -0.2) is 61.6 Å². The second-order valence-electron chi connectivity index (χ2n) is 7.59. The molecule has 2 aromatic carbocycles. The van der Waals surface area contributed by atoms with Gasteiger partial charge in [-0.1, -0.05) is 35.8 Å². The number of aromatic nitrogens is 1. The number of benzene rings is 2. The maximum atomic E-state index is 12.8. The van der Waals surface area contributed by atoms with Gasteiger partial charge in [0.25, 0.3) is 11.8 Å². The fourth-order valence-corrected chi connectivity index (χ4v) is 3.50. The smallest absolute Gasteiger partial charge is 0.258 e. The van der Waals surface area contributed by atoms with Crippen LogP contribution in [0.4, 0.5) is 11.5 Å². The van der Waals surface area contributed by atoms with Crippen LogP contribution in [0.15, 0.2) is 66.9 Å². The topological polar surface area (TPSA) is 110 Å². The first-order valence-electron chi connectivity index (χ1n) is 10.6. The summed E-state index contributed by atoms with van der Waals surface area (Å²) in [6.45, 7) is 3.27. The van der Waals surface area contributed by atoms with Crippen molar-refractivity contribution in [1.82, 2.24) is 15.2 Å². The largest absolute Gasteiger partial charge is 0.354 e. The van der Waals surface area contributed by atoms with Crippen LogP contribution in [0.1, 0.15) is 26.3 Å². The van der Waals surface area contributed by atoms with Gasteiger partial charge in [-0.3, -0.25) is 15.0 Å². The van der Waals surface area contributed by atoms with Crippen molar-refractivity contribution in [2.24, 2.45) is 0 Å². The molecule has 3 aromatic rings. The number of amidine groups is 1. The van der Waals surface area contributed by atoms with E-state index in [9.17, 15) is 9.59 Å². The molecule has 0 saturated carbocycles. The van der Waals surface area contributed by atoms with Gasteiger partial charge < -0.3 is 20.9 Å². The van der Waals surface area contributed by atoms with Gasteiger partial charge in [-0.2, -0.15) is 0 Å². The molecule has 1 saturated heterocycles. The number of carbonyl (C=O) groups is 2. The first kappa shape index (κ1) is 22.2. The van der Waals surface area contributed by atoms with Crippen LogP contribution < -0.4 is 21.4 Å². The molecule has 0 unspecified atom stereocenters. The van der Waals surface area contributed by atoms with Crippen LogP contribution in [0.2, 0.25) is 0 Å². The molecule has 1 aromatic heterocycles.